The van der Waals surface area contributed by atoms with Crippen molar-refractivity contribution in [1.82, 2.24) is 0 Å². The SMILES string of the molecule is CCCOCCNc1ccc(C(C)C)cc1. The van der Waals surface area contributed by atoms with Gasteiger partial charge in [0, 0.05) is 18.8 Å². The summed E-state index contributed by atoms with van der Waals surface area (Å²) in [5.74, 6) is 0.599. The Morgan fingerprint density at radius 1 is 1.12 bits per heavy atom. The summed E-state index contributed by atoms with van der Waals surface area (Å²) in [6, 6.07) is 8.63. The van der Waals surface area contributed by atoms with Crippen LogP contribution in [-0.4, -0.2) is 19.8 Å². The van der Waals surface area contributed by atoms with Crippen LogP contribution in [0.2, 0.25) is 0 Å². The van der Waals surface area contributed by atoms with Crippen LogP contribution < -0.4 is 5.32 Å². The fourth-order valence-corrected chi connectivity index (χ4v) is 1.50. The van der Waals surface area contributed by atoms with Crippen LogP contribution in [0.5, 0.6) is 0 Å². The van der Waals surface area contributed by atoms with Crippen LogP contribution in [0, 0.1) is 0 Å². The Morgan fingerprint density at radius 3 is 2.38 bits per heavy atom. The highest BCUT2D eigenvalue weighted by Crippen LogP contribution is 2.16. The van der Waals surface area contributed by atoms with Crippen molar-refractivity contribution in [3.8, 4) is 0 Å². The molecular formula is C14H23NO. The zero-order valence-electron chi connectivity index (χ0n) is 10.6. The Balaban J connectivity index is 2.27. The van der Waals surface area contributed by atoms with Gasteiger partial charge >= 0.3 is 0 Å². The molecule has 1 N–H and O–H groups in total. The number of rotatable bonds is 7. The van der Waals surface area contributed by atoms with Gasteiger partial charge in [0.2, 0.25) is 0 Å². The minimum absolute atomic E-state index is 0.599. The first-order valence-corrected chi connectivity index (χ1v) is 6.15. The molecule has 1 rings (SSSR count). The van der Waals surface area contributed by atoms with Gasteiger partial charge in [-0.15, -0.1) is 0 Å². The molecule has 0 bridgehead atoms. The van der Waals surface area contributed by atoms with E-state index >= 15 is 0 Å². The summed E-state index contributed by atoms with van der Waals surface area (Å²) in [4.78, 5) is 0. The van der Waals surface area contributed by atoms with E-state index in [4.69, 9.17) is 4.74 Å². The molecule has 1 aromatic rings. The van der Waals surface area contributed by atoms with Crippen LogP contribution in [-0.2, 0) is 4.74 Å². The van der Waals surface area contributed by atoms with Crippen molar-refractivity contribution in [2.24, 2.45) is 0 Å². The molecule has 0 atom stereocenters. The molecule has 0 aromatic heterocycles. The van der Waals surface area contributed by atoms with Gasteiger partial charge in [-0.1, -0.05) is 32.9 Å². The predicted molar refractivity (Wildman–Crippen MR) is 70.1 cm³/mol. The fourth-order valence-electron chi connectivity index (χ4n) is 1.50. The first-order valence-electron chi connectivity index (χ1n) is 6.15. The number of hydrogen-bond acceptors (Lipinski definition) is 2. The number of ether oxygens (including phenoxy) is 1. The van der Waals surface area contributed by atoms with Crippen LogP contribution in [0.4, 0.5) is 5.69 Å². The lowest BCUT2D eigenvalue weighted by atomic mass is 10.0. The summed E-state index contributed by atoms with van der Waals surface area (Å²) in [6.45, 7) is 9.05. The van der Waals surface area contributed by atoms with Crippen molar-refractivity contribution >= 4 is 5.69 Å². The fraction of sp³-hybridized carbons (Fsp3) is 0.571. The third kappa shape index (κ3) is 4.67. The second-order valence-electron chi connectivity index (χ2n) is 4.32. The van der Waals surface area contributed by atoms with E-state index in [9.17, 15) is 0 Å². The summed E-state index contributed by atoms with van der Waals surface area (Å²) in [5.41, 5.74) is 2.55. The van der Waals surface area contributed by atoms with E-state index < -0.39 is 0 Å². The lowest BCUT2D eigenvalue weighted by molar-refractivity contribution is 0.144. The molecule has 0 radical (unpaired) electrons. The van der Waals surface area contributed by atoms with Crippen molar-refractivity contribution in [2.75, 3.05) is 25.1 Å². The van der Waals surface area contributed by atoms with Gasteiger partial charge in [-0.25, -0.2) is 0 Å². The molecule has 0 unspecified atom stereocenters. The van der Waals surface area contributed by atoms with Crippen molar-refractivity contribution in [2.45, 2.75) is 33.1 Å². The third-order valence-corrected chi connectivity index (χ3v) is 2.50. The molecule has 90 valence electrons. The van der Waals surface area contributed by atoms with Gasteiger partial charge in [-0.3, -0.25) is 0 Å². The molecule has 1 aromatic carbocycles. The van der Waals surface area contributed by atoms with Gasteiger partial charge in [-0.2, -0.15) is 0 Å². The monoisotopic (exact) mass is 221 g/mol. The number of hydrogen-bond donors (Lipinski definition) is 1. The standard InChI is InChI=1S/C14H23NO/c1-4-10-16-11-9-15-14-7-5-13(6-8-14)12(2)3/h5-8,12,15H,4,9-11H2,1-3H3. The predicted octanol–water partition coefficient (Wildman–Crippen LogP) is 3.65. The van der Waals surface area contributed by atoms with E-state index in [2.05, 4.69) is 50.4 Å². The Morgan fingerprint density at radius 2 is 1.81 bits per heavy atom. The largest absolute Gasteiger partial charge is 0.383 e. The maximum Gasteiger partial charge on any atom is 0.0639 e. The third-order valence-electron chi connectivity index (χ3n) is 2.50. The summed E-state index contributed by atoms with van der Waals surface area (Å²) in [6.07, 6.45) is 1.09. The van der Waals surface area contributed by atoms with Crippen molar-refractivity contribution in [3.05, 3.63) is 29.8 Å². The first kappa shape index (κ1) is 13.0. The molecule has 0 saturated carbocycles. The summed E-state index contributed by atoms with van der Waals surface area (Å²) in [7, 11) is 0. The van der Waals surface area contributed by atoms with E-state index in [0.29, 0.717) is 5.92 Å². The lowest BCUT2D eigenvalue weighted by Gasteiger charge is -2.09. The van der Waals surface area contributed by atoms with Crippen molar-refractivity contribution < 1.29 is 4.74 Å². The van der Waals surface area contributed by atoms with Crippen LogP contribution in [0.3, 0.4) is 0 Å². The molecule has 0 aliphatic carbocycles. The van der Waals surface area contributed by atoms with Crippen molar-refractivity contribution in [3.63, 3.8) is 0 Å². The number of nitrogens with one attached hydrogen (secondary N) is 1. The van der Waals surface area contributed by atoms with Gasteiger partial charge in [-0.05, 0) is 30.0 Å². The molecule has 0 aliphatic heterocycles. The van der Waals surface area contributed by atoms with E-state index in [-0.39, 0.29) is 0 Å². The van der Waals surface area contributed by atoms with Gasteiger partial charge in [0.15, 0.2) is 0 Å². The Hall–Kier alpha value is -1.02. The average Bonchev–Trinajstić information content (AvgIpc) is 2.29. The maximum absolute atomic E-state index is 5.40. The van der Waals surface area contributed by atoms with E-state index in [0.717, 1.165) is 26.2 Å². The van der Waals surface area contributed by atoms with E-state index in [1.807, 2.05) is 0 Å². The second-order valence-corrected chi connectivity index (χ2v) is 4.32. The Kier molecular flexibility index (Phi) is 5.94. The minimum Gasteiger partial charge on any atom is -0.383 e. The van der Waals surface area contributed by atoms with Gasteiger partial charge < -0.3 is 10.1 Å². The molecule has 0 amide bonds. The summed E-state index contributed by atoms with van der Waals surface area (Å²) in [5, 5.41) is 3.34. The Labute approximate surface area is 99.0 Å². The second kappa shape index (κ2) is 7.29. The van der Waals surface area contributed by atoms with E-state index in [1.54, 1.807) is 0 Å². The molecule has 2 nitrogen and oxygen atoms in total. The summed E-state index contributed by atoms with van der Waals surface area (Å²) >= 11 is 0. The zero-order chi connectivity index (χ0) is 11.8. The van der Waals surface area contributed by atoms with Crippen LogP contribution in [0.25, 0.3) is 0 Å². The van der Waals surface area contributed by atoms with Crippen molar-refractivity contribution in [1.29, 1.82) is 0 Å². The highest BCUT2D eigenvalue weighted by atomic mass is 16.5. The normalized spacial score (nSPS) is 10.8. The highest BCUT2D eigenvalue weighted by molar-refractivity contribution is 5.45. The van der Waals surface area contributed by atoms with Crippen LogP contribution in [0.1, 0.15) is 38.7 Å². The molecule has 16 heavy (non-hydrogen) atoms. The molecule has 0 spiro atoms. The Bertz CT molecular complexity index is 279. The average molecular weight is 221 g/mol. The first-order chi connectivity index (χ1) is 7.74. The summed E-state index contributed by atoms with van der Waals surface area (Å²) < 4.78 is 5.40. The topological polar surface area (TPSA) is 21.3 Å². The molecule has 0 fully saturated rings. The minimum atomic E-state index is 0.599. The van der Waals surface area contributed by atoms with Gasteiger partial charge in [0.25, 0.3) is 0 Å². The molecule has 0 heterocycles. The van der Waals surface area contributed by atoms with Crippen LogP contribution in [0.15, 0.2) is 24.3 Å². The van der Waals surface area contributed by atoms with Gasteiger partial charge in [0.1, 0.15) is 0 Å². The molecule has 0 saturated heterocycles. The zero-order valence-corrected chi connectivity index (χ0v) is 10.6. The molecular weight excluding hydrogens is 198 g/mol. The molecule has 2 heteroatoms. The lowest BCUT2D eigenvalue weighted by Crippen LogP contribution is -2.09. The van der Waals surface area contributed by atoms with E-state index in [1.165, 1.54) is 11.3 Å². The quantitative estimate of drug-likeness (QED) is 0.710. The highest BCUT2D eigenvalue weighted by Gasteiger charge is 1.98. The molecule has 0 aliphatic rings. The van der Waals surface area contributed by atoms with Gasteiger partial charge in [0.05, 0.1) is 6.61 Å². The number of anilines is 1. The smallest absolute Gasteiger partial charge is 0.0639 e. The maximum atomic E-state index is 5.40. The number of benzene rings is 1. The van der Waals surface area contributed by atoms with Crippen LogP contribution >= 0.6 is 0 Å².